The molecule has 0 saturated carbocycles. The number of rotatable bonds is 5. The third-order valence-corrected chi connectivity index (χ3v) is 6.28. The van der Waals surface area contributed by atoms with E-state index in [-0.39, 0.29) is 9.79 Å². The van der Waals surface area contributed by atoms with E-state index in [1.807, 2.05) is 0 Å². The van der Waals surface area contributed by atoms with Crippen LogP contribution in [0.2, 0.25) is 0 Å². The molecule has 1 rings (SSSR count). The van der Waals surface area contributed by atoms with Crippen LogP contribution in [0.1, 0.15) is 19.4 Å². The molecule has 0 amide bonds. The number of hydrogen-bond donors (Lipinski definition) is 0. The van der Waals surface area contributed by atoms with E-state index in [0.29, 0.717) is 18.7 Å². The molecule has 5 nitrogen and oxygen atoms in total. The van der Waals surface area contributed by atoms with Gasteiger partial charge in [-0.05, 0) is 30.7 Å². The molecule has 0 aliphatic rings. The highest BCUT2D eigenvalue weighted by atomic mass is 35.7. The Hall–Kier alpha value is -0.630. The van der Waals surface area contributed by atoms with Crippen molar-refractivity contribution in [3.8, 4) is 0 Å². The Morgan fingerprint density at radius 1 is 1.11 bits per heavy atom. The van der Waals surface area contributed by atoms with Gasteiger partial charge in [-0.3, -0.25) is 0 Å². The number of benzene rings is 1. The number of halogens is 1. The quantitative estimate of drug-likeness (QED) is 0.776. The van der Waals surface area contributed by atoms with Gasteiger partial charge in [0.2, 0.25) is 10.0 Å². The first-order valence-corrected chi connectivity index (χ1v) is 9.45. The molecule has 0 spiro atoms. The zero-order valence-electron chi connectivity index (χ0n) is 10.9. The minimum atomic E-state index is -3.86. The maximum atomic E-state index is 12.3. The van der Waals surface area contributed by atoms with Gasteiger partial charge in [0.1, 0.15) is 0 Å². The molecule has 0 bridgehead atoms. The molecule has 1 aromatic carbocycles. The van der Waals surface area contributed by atoms with Crippen LogP contribution in [-0.2, 0) is 19.1 Å². The van der Waals surface area contributed by atoms with Crippen molar-refractivity contribution in [2.45, 2.75) is 30.6 Å². The minimum absolute atomic E-state index is 0.0674. The van der Waals surface area contributed by atoms with Crippen molar-refractivity contribution in [1.29, 1.82) is 0 Å². The molecule has 0 N–H and O–H groups in total. The summed E-state index contributed by atoms with van der Waals surface area (Å²) in [6.45, 7) is 5.70. The maximum absolute atomic E-state index is 12.3. The third-order valence-electron chi connectivity index (χ3n) is 2.75. The van der Waals surface area contributed by atoms with Crippen molar-refractivity contribution < 1.29 is 16.8 Å². The van der Waals surface area contributed by atoms with Crippen molar-refractivity contribution in [2.75, 3.05) is 13.1 Å². The van der Waals surface area contributed by atoms with Crippen LogP contribution >= 0.6 is 10.7 Å². The van der Waals surface area contributed by atoms with Crippen LogP contribution in [-0.4, -0.2) is 34.2 Å². The molecule has 0 aliphatic heterocycles. The van der Waals surface area contributed by atoms with Gasteiger partial charge in [0, 0.05) is 23.8 Å². The van der Waals surface area contributed by atoms with Crippen molar-refractivity contribution in [3.63, 3.8) is 0 Å². The van der Waals surface area contributed by atoms with Crippen LogP contribution in [0.25, 0.3) is 0 Å². The van der Waals surface area contributed by atoms with Gasteiger partial charge in [-0.25, -0.2) is 16.8 Å². The molecular weight excluding hydrogens is 310 g/mol. The maximum Gasteiger partial charge on any atom is 0.261 e. The predicted octanol–water partition coefficient (Wildman–Crippen LogP) is 1.95. The zero-order chi connectivity index (χ0) is 14.8. The van der Waals surface area contributed by atoms with Gasteiger partial charge < -0.3 is 0 Å². The van der Waals surface area contributed by atoms with Gasteiger partial charge in [0.05, 0.1) is 9.79 Å². The Labute approximate surface area is 118 Å². The van der Waals surface area contributed by atoms with E-state index < -0.39 is 19.1 Å². The van der Waals surface area contributed by atoms with Crippen LogP contribution in [0.4, 0.5) is 0 Å². The smallest absolute Gasteiger partial charge is 0.207 e. The van der Waals surface area contributed by atoms with Gasteiger partial charge in [-0.1, -0.05) is 13.8 Å². The molecule has 0 unspecified atom stereocenters. The van der Waals surface area contributed by atoms with E-state index in [2.05, 4.69) is 0 Å². The molecule has 0 aromatic heterocycles. The first-order valence-electron chi connectivity index (χ1n) is 5.70. The zero-order valence-corrected chi connectivity index (χ0v) is 13.3. The Kier molecular flexibility index (Phi) is 5.00. The highest BCUT2D eigenvalue weighted by molar-refractivity contribution is 8.13. The summed E-state index contributed by atoms with van der Waals surface area (Å²) in [5.74, 6) is 0. The molecule has 0 heterocycles. The van der Waals surface area contributed by atoms with Crippen LogP contribution in [0.15, 0.2) is 28.0 Å². The minimum Gasteiger partial charge on any atom is -0.207 e. The molecule has 8 heteroatoms. The second kappa shape index (κ2) is 5.78. The van der Waals surface area contributed by atoms with Gasteiger partial charge in [-0.2, -0.15) is 4.31 Å². The fourth-order valence-corrected chi connectivity index (χ4v) is 4.51. The summed E-state index contributed by atoms with van der Waals surface area (Å²) in [5, 5.41) is 0. The molecular formula is C11H16ClNO4S2. The average molecular weight is 326 g/mol. The van der Waals surface area contributed by atoms with E-state index in [1.165, 1.54) is 29.4 Å². The van der Waals surface area contributed by atoms with Gasteiger partial charge in [0.15, 0.2) is 0 Å². The van der Waals surface area contributed by atoms with E-state index in [1.54, 1.807) is 13.8 Å². The number of hydrogen-bond acceptors (Lipinski definition) is 4. The Morgan fingerprint density at radius 2 is 1.63 bits per heavy atom. The summed E-state index contributed by atoms with van der Waals surface area (Å²) in [7, 11) is -2.19. The SMILES string of the molecule is CCN(CC)S(=O)(=O)c1ccc(S(=O)(=O)Cl)c(C)c1. The van der Waals surface area contributed by atoms with E-state index >= 15 is 0 Å². The molecule has 108 valence electrons. The van der Waals surface area contributed by atoms with Gasteiger partial charge >= 0.3 is 0 Å². The van der Waals surface area contributed by atoms with E-state index in [4.69, 9.17) is 10.7 Å². The highest BCUT2D eigenvalue weighted by Crippen LogP contribution is 2.24. The summed E-state index contributed by atoms with van der Waals surface area (Å²) in [5.41, 5.74) is 0.309. The molecule has 1 aromatic rings. The fraction of sp³-hybridized carbons (Fsp3) is 0.455. The summed E-state index contributed by atoms with van der Waals surface area (Å²) in [4.78, 5) is -0.00886. The van der Waals surface area contributed by atoms with Crippen molar-refractivity contribution in [1.82, 2.24) is 4.31 Å². The Bertz CT molecular complexity index is 664. The number of sulfonamides is 1. The molecule has 0 atom stereocenters. The fourth-order valence-electron chi connectivity index (χ4n) is 1.77. The van der Waals surface area contributed by atoms with Gasteiger partial charge in [0.25, 0.3) is 9.05 Å². The Morgan fingerprint density at radius 3 is 2.00 bits per heavy atom. The topological polar surface area (TPSA) is 71.5 Å². The monoisotopic (exact) mass is 325 g/mol. The lowest BCUT2D eigenvalue weighted by Crippen LogP contribution is -2.30. The summed E-state index contributed by atoms with van der Waals surface area (Å²) >= 11 is 0. The first kappa shape index (κ1) is 16.4. The van der Waals surface area contributed by atoms with Crippen molar-refractivity contribution in [3.05, 3.63) is 23.8 Å². The second-order valence-electron chi connectivity index (χ2n) is 3.95. The van der Waals surface area contributed by atoms with Crippen LogP contribution in [0.3, 0.4) is 0 Å². The number of aryl methyl sites for hydroxylation is 1. The van der Waals surface area contributed by atoms with Crippen molar-refractivity contribution in [2.24, 2.45) is 0 Å². The molecule has 0 radical (unpaired) electrons. The lowest BCUT2D eigenvalue weighted by molar-refractivity contribution is 0.445. The van der Waals surface area contributed by atoms with Gasteiger partial charge in [-0.15, -0.1) is 0 Å². The summed E-state index contributed by atoms with van der Waals surface area (Å²) in [6.07, 6.45) is 0. The standard InChI is InChI=1S/C11H16ClNO4S2/c1-4-13(5-2)19(16,17)10-6-7-11(9(3)8-10)18(12,14)15/h6-8H,4-5H2,1-3H3. The predicted molar refractivity (Wildman–Crippen MR) is 74.3 cm³/mol. The average Bonchev–Trinajstić information content (AvgIpc) is 2.28. The summed E-state index contributed by atoms with van der Waals surface area (Å²) in [6, 6.07) is 3.80. The van der Waals surface area contributed by atoms with Crippen LogP contribution in [0.5, 0.6) is 0 Å². The molecule has 0 saturated heterocycles. The van der Waals surface area contributed by atoms with Crippen molar-refractivity contribution >= 4 is 29.8 Å². The first-order chi connectivity index (χ1) is 8.64. The second-order valence-corrected chi connectivity index (χ2v) is 8.43. The summed E-state index contributed by atoms with van der Waals surface area (Å²) < 4.78 is 48.3. The molecule has 0 fully saturated rings. The lowest BCUT2D eigenvalue weighted by Gasteiger charge is -2.18. The normalized spacial score (nSPS) is 12.9. The van der Waals surface area contributed by atoms with Crippen LogP contribution < -0.4 is 0 Å². The van der Waals surface area contributed by atoms with E-state index in [9.17, 15) is 16.8 Å². The molecule has 0 aliphatic carbocycles. The molecule has 19 heavy (non-hydrogen) atoms. The van der Waals surface area contributed by atoms with E-state index in [0.717, 1.165) is 0 Å². The highest BCUT2D eigenvalue weighted by Gasteiger charge is 2.23. The Balaban J connectivity index is 3.37. The third kappa shape index (κ3) is 3.47. The van der Waals surface area contributed by atoms with Crippen LogP contribution in [0, 0.1) is 6.92 Å². The largest absolute Gasteiger partial charge is 0.261 e. The lowest BCUT2D eigenvalue weighted by atomic mass is 10.2. The number of nitrogens with zero attached hydrogens (tertiary/aromatic N) is 1.